The SMILES string of the molecule is COc1ccc(CCNC(=O)c2ccnc(C(=O)NCc3ccco3)c2)cc1. The number of rotatable bonds is 8. The molecule has 28 heavy (non-hydrogen) atoms. The molecular formula is C21H21N3O4. The van der Waals surface area contributed by atoms with Crippen LogP contribution in [0.5, 0.6) is 5.75 Å². The summed E-state index contributed by atoms with van der Waals surface area (Å²) in [6.45, 7) is 0.735. The van der Waals surface area contributed by atoms with E-state index in [1.54, 1.807) is 25.3 Å². The normalized spacial score (nSPS) is 10.3. The molecule has 0 unspecified atom stereocenters. The van der Waals surface area contributed by atoms with E-state index < -0.39 is 0 Å². The minimum absolute atomic E-state index is 0.175. The fourth-order valence-corrected chi connectivity index (χ4v) is 2.58. The summed E-state index contributed by atoms with van der Waals surface area (Å²) in [5.74, 6) is 0.809. The van der Waals surface area contributed by atoms with Crippen LogP contribution in [0.25, 0.3) is 0 Å². The monoisotopic (exact) mass is 379 g/mol. The second kappa shape index (κ2) is 9.36. The number of amides is 2. The van der Waals surface area contributed by atoms with Crippen LogP contribution in [-0.4, -0.2) is 30.5 Å². The summed E-state index contributed by atoms with van der Waals surface area (Å²) in [5.41, 5.74) is 1.65. The zero-order valence-electron chi connectivity index (χ0n) is 15.5. The van der Waals surface area contributed by atoms with Gasteiger partial charge in [0, 0.05) is 18.3 Å². The van der Waals surface area contributed by atoms with E-state index >= 15 is 0 Å². The predicted molar refractivity (Wildman–Crippen MR) is 103 cm³/mol. The number of hydrogen-bond donors (Lipinski definition) is 2. The van der Waals surface area contributed by atoms with E-state index in [9.17, 15) is 9.59 Å². The van der Waals surface area contributed by atoms with Crippen LogP contribution >= 0.6 is 0 Å². The summed E-state index contributed by atoms with van der Waals surface area (Å²) in [4.78, 5) is 28.6. The van der Waals surface area contributed by atoms with Gasteiger partial charge in [0.25, 0.3) is 11.8 Å². The molecule has 0 fully saturated rings. The second-order valence-electron chi connectivity index (χ2n) is 6.05. The number of methoxy groups -OCH3 is 1. The third kappa shape index (κ3) is 5.20. The number of pyridine rings is 1. The molecule has 144 valence electrons. The van der Waals surface area contributed by atoms with Crippen molar-refractivity contribution in [3.05, 3.63) is 83.6 Å². The number of carbonyl (C=O) groups excluding carboxylic acids is 2. The van der Waals surface area contributed by atoms with Gasteiger partial charge in [-0.05, 0) is 48.4 Å². The van der Waals surface area contributed by atoms with Gasteiger partial charge in [0.1, 0.15) is 17.2 Å². The number of ether oxygens (including phenoxy) is 1. The number of carbonyl (C=O) groups is 2. The highest BCUT2D eigenvalue weighted by Crippen LogP contribution is 2.11. The Bertz CT molecular complexity index is 921. The van der Waals surface area contributed by atoms with Crippen molar-refractivity contribution in [2.45, 2.75) is 13.0 Å². The average molecular weight is 379 g/mol. The molecule has 0 saturated heterocycles. The molecule has 2 aromatic heterocycles. The Balaban J connectivity index is 1.51. The predicted octanol–water partition coefficient (Wildman–Crippen LogP) is 2.59. The molecule has 0 saturated carbocycles. The summed E-state index contributed by atoms with van der Waals surface area (Å²) >= 11 is 0. The van der Waals surface area contributed by atoms with Crippen molar-refractivity contribution in [2.75, 3.05) is 13.7 Å². The van der Waals surface area contributed by atoms with E-state index in [4.69, 9.17) is 9.15 Å². The Hall–Kier alpha value is -3.61. The van der Waals surface area contributed by atoms with Gasteiger partial charge in [-0.25, -0.2) is 0 Å². The van der Waals surface area contributed by atoms with Gasteiger partial charge in [0.2, 0.25) is 0 Å². The van der Waals surface area contributed by atoms with Crippen LogP contribution in [0.2, 0.25) is 0 Å². The number of nitrogens with zero attached hydrogens (tertiary/aromatic N) is 1. The Morgan fingerprint density at radius 2 is 1.89 bits per heavy atom. The third-order valence-corrected chi connectivity index (χ3v) is 4.12. The molecule has 0 spiro atoms. The highest BCUT2D eigenvalue weighted by Gasteiger charge is 2.12. The lowest BCUT2D eigenvalue weighted by Crippen LogP contribution is -2.27. The van der Waals surface area contributed by atoms with Crippen LogP contribution < -0.4 is 15.4 Å². The molecule has 2 heterocycles. The largest absolute Gasteiger partial charge is 0.497 e. The summed E-state index contributed by atoms with van der Waals surface area (Å²) in [7, 11) is 1.62. The van der Waals surface area contributed by atoms with E-state index in [-0.39, 0.29) is 24.1 Å². The van der Waals surface area contributed by atoms with Crippen molar-refractivity contribution in [1.29, 1.82) is 0 Å². The van der Waals surface area contributed by atoms with E-state index in [0.717, 1.165) is 11.3 Å². The first-order valence-electron chi connectivity index (χ1n) is 8.83. The highest BCUT2D eigenvalue weighted by atomic mass is 16.5. The van der Waals surface area contributed by atoms with Crippen molar-refractivity contribution in [2.24, 2.45) is 0 Å². The quantitative estimate of drug-likeness (QED) is 0.627. The lowest BCUT2D eigenvalue weighted by Gasteiger charge is -2.08. The molecule has 0 aliphatic carbocycles. The number of benzene rings is 1. The maximum atomic E-state index is 12.3. The van der Waals surface area contributed by atoms with E-state index in [0.29, 0.717) is 24.3 Å². The Morgan fingerprint density at radius 1 is 1.07 bits per heavy atom. The van der Waals surface area contributed by atoms with Gasteiger partial charge >= 0.3 is 0 Å². The third-order valence-electron chi connectivity index (χ3n) is 4.12. The molecule has 7 heteroatoms. The van der Waals surface area contributed by atoms with Gasteiger partial charge in [-0.2, -0.15) is 0 Å². The van der Waals surface area contributed by atoms with Gasteiger partial charge < -0.3 is 19.8 Å². The van der Waals surface area contributed by atoms with Gasteiger partial charge in [0.15, 0.2) is 0 Å². The average Bonchev–Trinajstić information content (AvgIpc) is 3.26. The molecule has 7 nitrogen and oxygen atoms in total. The first-order valence-corrected chi connectivity index (χ1v) is 8.83. The first-order chi connectivity index (χ1) is 13.7. The second-order valence-corrected chi connectivity index (χ2v) is 6.05. The van der Waals surface area contributed by atoms with E-state index in [2.05, 4.69) is 15.6 Å². The summed E-state index contributed by atoms with van der Waals surface area (Å²) in [6.07, 6.45) is 3.67. The van der Waals surface area contributed by atoms with Crippen molar-refractivity contribution < 1.29 is 18.7 Å². The van der Waals surface area contributed by atoms with E-state index in [1.165, 1.54) is 18.5 Å². The van der Waals surface area contributed by atoms with Crippen LogP contribution in [-0.2, 0) is 13.0 Å². The number of hydrogen-bond acceptors (Lipinski definition) is 5. The fourth-order valence-electron chi connectivity index (χ4n) is 2.58. The van der Waals surface area contributed by atoms with Crippen LogP contribution in [0.15, 0.2) is 65.4 Å². The van der Waals surface area contributed by atoms with Gasteiger partial charge in [-0.1, -0.05) is 12.1 Å². The van der Waals surface area contributed by atoms with Crippen molar-refractivity contribution >= 4 is 11.8 Å². The lowest BCUT2D eigenvalue weighted by atomic mass is 10.1. The maximum Gasteiger partial charge on any atom is 0.270 e. The molecule has 0 aliphatic heterocycles. The molecular weight excluding hydrogens is 358 g/mol. The lowest BCUT2D eigenvalue weighted by molar-refractivity contribution is 0.0943. The summed E-state index contributed by atoms with van der Waals surface area (Å²) < 4.78 is 10.3. The zero-order valence-corrected chi connectivity index (χ0v) is 15.5. The van der Waals surface area contributed by atoms with Crippen molar-refractivity contribution in [3.63, 3.8) is 0 Å². The smallest absolute Gasteiger partial charge is 0.270 e. The standard InChI is InChI=1S/C21H21N3O4/c1-27-17-6-4-15(5-7-17)8-10-23-20(25)16-9-11-22-19(13-16)21(26)24-14-18-3-2-12-28-18/h2-7,9,11-13H,8,10,14H2,1H3,(H,23,25)(H,24,26). The Morgan fingerprint density at radius 3 is 2.61 bits per heavy atom. The van der Waals surface area contributed by atoms with Crippen LogP contribution in [0.1, 0.15) is 32.2 Å². The molecule has 3 rings (SSSR count). The molecule has 0 bridgehead atoms. The zero-order chi connectivity index (χ0) is 19.8. The summed E-state index contributed by atoms with van der Waals surface area (Å²) in [6, 6.07) is 14.2. The Kier molecular flexibility index (Phi) is 6.41. The van der Waals surface area contributed by atoms with Crippen LogP contribution in [0.4, 0.5) is 0 Å². The maximum absolute atomic E-state index is 12.3. The molecule has 3 aromatic rings. The molecule has 0 aliphatic rings. The summed E-state index contributed by atoms with van der Waals surface area (Å²) in [5, 5.41) is 5.56. The molecule has 1 aromatic carbocycles. The highest BCUT2D eigenvalue weighted by molar-refractivity contribution is 5.98. The number of furan rings is 1. The van der Waals surface area contributed by atoms with Gasteiger partial charge in [0.05, 0.1) is 19.9 Å². The van der Waals surface area contributed by atoms with Gasteiger partial charge in [-0.15, -0.1) is 0 Å². The minimum Gasteiger partial charge on any atom is -0.497 e. The minimum atomic E-state index is -0.371. The molecule has 0 atom stereocenters. The molecule has 2 amide bonds. The van der Waals surface area contributed by atoms with Crippen LogP contribution in [0.3, 0.4) is 0 Å². The number of nitrogens with one attached hydrogen (secondary N) is 2. The molecule has 0 radical (unpaired) electrons. The fraction of sp³-hybridized carbons (Fsp3) is 0.190. The first kappa shape index (κ1) is 19.2. The van der Waals surface area contributed by atoms with Gasteiger partial charge in [-0.3, -0.25) is 14.6 Å². The van der Waals surface area contributed by atoms with E-state index in [1.807, 2.05) is 24.3 Å². The Labute approximate surface area is 162 Å². The topological polar surface area (TPSA) is 93.5 Å². The van der Waals surface area contributed by atoms with Crippen LogP contribution in [0, 0.1) is 0 Å². The van der Waals surface area contributed by atoms with Crippen molar-refractivity contribution in [3.8, 4) is 5.75 Å². The van der Waals surface area contributed by atoms with Crippen molar-refractivity contribution in [1.82, 2.24) is 15.6 Å². The number of aromatic nitrogens is 1. The molecule has 2 N–H and O–H groups in total.